The molecule has 0 spiro atoms. The highest BCUT2D eigenvalue weighted by molar-refractivity contribution is 6.33. The van der Waals surface area contributed by atoms with Gasteiger partial charge in [0, 0.05) is 30.2 Å². The molecular formula is C13H18Cl2N2O2. The summed E-state index contributed by atoms with van der Waals surface area (Å²) in [5.41, 5.74) is 6.21. The SMILES string of the molecule is COCCN(Cc1cc(Cl)ccc1Cl)C(C)C(N)=O. The van der Waals surface area contributed by atoms with Gasteiger partial charge in [-0.3, -0.25) is 9.69 Å². The van der Waals surface area contributed by atoms with Crippen molar-refractivity contribution >= 4 is 29.1 Å². The molecule has 0 aliphatic heterocycles. The van der Waals surface area contributed by atoms with Crippen LogP contribution in [0.5, 0.6) is 0 Å². The van der Waals surface area contributed by atoms with Gasteiger partial charge >= 0.3 is 0 Å². The lowest BCUT2D eigenvalue weighted by atomic mass is 10.1. The molecule has 4 nitrogen and oxygen atoms in total. The summed E-state index contributed by atoms with van der Waals surface area (Å²) in [6, 6.07) is 4.86. The number of benzene rings is 1. The molecule has 1 aromatic carbocycles. The van der Waals surface area contributed by atoms with E-state index in [0.717, 1.165) is 5.56 Å². The quantitative estimate of drug-likeness (QED) is 0.841. The third-order valence-electron chi connectivity index (χ3n) is 2.92. The molecule has 19 heavy (non-hydrogen) atoms. The molecule has 2 N–H and O–H groups in total. The number of amides is 1. The van der Waals surface area contributed by atoms with E-state index in [9.17, 15) is 4.79 Å². The van der Waals surface area contributed by atoms with E-state index in [4.69, 9.17) is 33.7 Å². The van der Waals surface area contributed by atoms with Crippen molar-refractivity contribution in [1.29, 1.82) is 0 Å². The lowest BCUT2D eigenvalue weighted by Gasteiger charge is -2.27. The van der Waals surface area contributed by atoms with Crippen molar-refractivity contribution in [3.05, 3.63) is 33.8 Å². The molecule has 106 valence electrons. The molecule has 0 bridgehead atoms. The van der Waals surface area contributed by atoms with E-state index < -0.39 is 6.04 Å². The molecule has 6 heteroatoms. The van der Waals surface area contributed by atoms with E-state index in [-0.39, 0.29) is 5.91 Å². The number of hydrogen-bond acceptors (Lipinski definition) is 3. The largest absolute Gasteiger partial charge is 0.383 e. The molecule has 1 rings (SSSR count). The van der Waals surface area contributed by atoms with Crippen LogP contribution in [-0.2, 0) is 16.1 Å². The number of methoxy groups -OCH3 is 1. The number of carbonyl (C=O) groups excluding carboxylic acids is 1. The number of primary amides is 1. The fourth-order valence-corrected chi connectivity index (χ4v) is 2.05. The zero-order valence-electron chi connectivity index (χ0n) is 11.0. The van der Waals surface area contributed by atoms with E-state index in [2.05, 4.69) is 0 Å². The van der Waals surface area contributed by atoms with Crippen LogP contribution < -0.4 is 5.73 Å². The van der Waals surface area contributed by atoms with Gasteiger partial charge in [-0.1, -0.05) is 23.2 Å². The normalized spacial score (nSPS) is 12.7. The average Bonchev–Trinajstić information content (AvgIpc) is 2.37. The number of halogens is 2. The average molecular weight is 305 g/mol. The molecule has 1 amide bonds. The number of carbonyl (C=O) groups is 1. The first kappa shape index (κ1) is 16.2. The van der Waals surface area contributed by atoms with E-state index in [1.165, 1.54) is 0 Å². The summed E-state index contributed by atoms with van der Waals surface area (Å²) in [5.74, 6) is -0.380. The van der Waals surface area contributed by atoms with Gasteiger partial charge in [-0.25, -0.2) is 0 Å². The van der Waals surface area contributed by atoms with Gasteiger partial charge in [0.2, 0.25) is 5.91 Å². The molecule has 0 aliphatic carbocycles. The van der Waals surface area contributed by atoms with Crippen LogP contribution in [0.1, 0.15) is 12.5 Å². The second-order valence-corrected chi connectivity index (χ2v) is 5.12. The molecular weight excluding hydrogens is 287 g/mol. The maximum absolute atomic E-state index is 11.3. The lowest BCUT2D eigenvalue weighted by Crippen LogP contribution is -2.43. The molecule has 0 saturated carbocycles. The molecule has 0 fully saturated rings. The Balaban J connectivity index is 2.86. The molecule has 1 unspecified atom stereocenters. The number of nitrogens with zero attached hydrogens (tertiary/aromatic N) is 1. The number of nitrogens with two attached hydrogens (primary N) is 1. The van der Waals surface area contributed by atoms with Crippen molar-refractivity contribution in [2.75, 3.05) is 20.3 Å². The Morgan fingerprint density at radius 1 is 1.47 bits per heavy atom. The third kappa shape index (κ3) is 4.99. The fraction of sp³-hybridized carbons (Fsp3) is 0.462. The molecule has 0 heterocycles. The monoisotopic (exact) mass is 304 g/mol. The minimum atomic E-state index is -0.398. The molecule has 0 aliphatic rings. The van der Waals surface area contributed by atoms with E-state index in [1.54, 1.807) is 32.2 Å². The van der Waals surface area contributed by atoms with Crippen LogP contribution in [0, 0.1) is 0 Å². The van der Waals surface area contributed by atoms with Crippen LogP contribution in [0.4, 0.5) is 0 Å². The summed E-state index contributed by atoms with van der Waals surface area (Å²) in [5, 5.41) is 1.22. The Hall–Kier alpha value is -0.810. The van der Waals surface area contributed by atoms with Crippen LogP contribution in [0.2, 0.25) is 10.0 Å². The van der Waals surface area contributed by atoms with Crippen molar-refractivity contribution in [2.45, 2.75) is 19.5 Å². The van der Waals surface area contributed by atoms with E-state index in [0.29, 0.717) is 29.7 Å². The maximum Gasteiger partial charge on any atom is 0.234 e. The minimum absolute atomic E-state index is 0.380. The maximum atomic E-state index is 11.3. The molecule has 0 saturated heterocycles. The molecule has 0 radical (unpaired) electrons. The summed E-state index contributed by atoms with van der Waals surface area (Å²) in [4.78, 5) is 13.2. The van der Waals surface area contributed by atoms with Crippen LogP contribution in [0.3, 0.4) is 0 Å². The summed E-state index contributed by atoms with van der Waals surface area (Å²) in [6.45, 7) is 3.35. The van der Waals surface area contributed by atoms with Crippen molar-refractivity contribution in [1.82, 2.24) is 4.90 Å². The summed E-state index contributed by atoms with van der Waals surface area (Å²) in [7, 11) is 1.61. The highest BCUT2D eigenvalue weighted by Crippen LogP contribution is 2.22. The summed E-state index contributed by atoms with van der Waals surface area (Å²) < 4.78 is 5.04. The zero-order valence-corrected chi connectivity index (χ0v) is 12.5. The van der Waals surface area contributed by atoms with Crippen molar-refractivity contribution in [3.63, 3.8) is 0 Å². The number of ether oxygens (including phenoxy) is 1. The van der Waals surface area contributed by atoms with Crippen LogP contribution in [-0.4, -0.2) is 37.1 Å². The summed E-state index contributed by atoms with van der Waals surface area (Å²) >= 11 is 12.1. The molecule has 1 atom stereocenters. The predicted molar refractivity (Wildman–Crippen MR) is 77.4 cm³/mol. The number of rotatable bonds is 7. The smallest absolute Gasteiger partial charge is 0.234 e. The third-order valence-corrected chi connectivity index (χ3v) is 3.53. The van der Waals surface area contributed by atoms with Crippen LogP contribution >= 0.6 is 23.2 Å². The van der Waals surface area contributed by atoms with Crippen LogP contribution in [0.25, 0.3) is 0 Å². The van der Waals surface area contributed by atoms with Gasteiger partial charge in [-0.15, -0.1) is 0 Å². The highest BCUT2D eigenvalue weighted by Gasteiger charge is 2.19. The highest BCUT2D eigenvalue weighted by atomic mass is 35.5. The van der Waals surface area contributed by atoms with Gasteiger partial charge in [-0.05, 0) is 30.7 Å². The van der Waals surface area contributed by atoms with Gasteiger partial charge in [0.1, 0.15) is 0 Å². The van der Waals surface area contributed by atoms with Crippen LogP contribution in [0.15, 0.2) is 18.2 Å². The van der Waals surface area contributed by atoms with E-state index >= 15 is 0 Å². The van der Waals surface area contributed by atoms with Crippen molar-refractivity contribution in [3.8, 4) is 0 Å². The van der Waals surface area contributed by atoms with Gasteiger partial charge in [0.25, 0.3) is 0 Å². The zero-order chi connectivity index (χ0) is 14.4. The Morgan fingerprint density at radius 2 is 2.16 bits per heavy atom. The molecule has 1 aromatic rings. The first-order valence-electron chi connectivity index (χ1n) is 5.92. The second kappa shape index (κ2) is 7.70. The second-order valence-electron chi connectivity index (χ2n) is 4.28. The first-order valence-corrected chi connectivity index (χ1v) is 6.67. The Labute approximate surface area is 123 Å². The number of hydrogen-bond donors (Lipinski definition) is 1. The first-order chi connectivity index (χ1) is 8.95. The van der Waals surface area contributed by atoms with Gasteiger partial charge in [0.05, 0.1) is 12.6 Å². The predicted octanol–water partition coefficient (Wildman–Crippen LogP) is 2.32. The standard InChI is InChI=1S/C13H18Cl2N2O2/c1-9(13(16)18)17(5-6-19-2)8-10-7-11(14)3-4-12(10)15/h3-4,7,9H,5-6,8H2,1-2H3,(H2,16,18). The molecule has 0 aromatic heterocycles. The topological polar surface area (TPSA) is 55.6 Å². The van der Waals surface area contributed by atoms with Gasteiger partial charge in [0.15, 0.2) is 0 Å². The van der Waals surface area contributed by atoms with Crippen molar-refractivity contribution in [2.24, 2.45) is 5.73 Å². The summed E-state index contributed by atoms with van der Waals surface area (Å²) in [6.07, 6.45) is 0. The van der Waals surface area contributed by atoms with Gasteiger partial charge in [-0.2, -0.15) is 0 Å². The Morgan fingerprint density at radius 3 is 2.74 bits per heavy atom. The fourth-order valence-electron chi connectivity index (χ4n) is 1.68. The minimum Gasteiger partial charge on any atom is -0.383 e. The lowest BCUT2D eigenvalue weighted by molar-refractivity contribution is -0.123. The Kier molecular flexibility index (Phi) is 6.58. The Bertz CT molecular complexity index is 441. The van der Waals surface area contributed by atoms with Crippen molar-refractivity contribution < 1.29 is 9.53 Å². The van der Waals surface area contributed by atoms with Gasteiger partial charge < -0.3 is 10.5 Å². The van der Waals surface area contributed by atoms with E-state index in [1.807, 2.05) is 4.90 Å².